The number of carbonyl (C=O) groups excluding carboxylic acids is 2. The lowest BCUT2D eigenvalue weighted by atomic mass is 10.1. The Morgan fingerprint density at radius 3 is 2.58 bits per heavy atom. The molecule has 33 heavy (non-hydrogen) atoms. The van der Waals surface area contributed by atoms with Crippen LogP contribution < -0.4 is 15.5 Å². The fourth-order valence-corrected chi connectivity index (χ4v) is 3.18. The van der Waals surface area contributed by atoms with Crippen molar-refractivity contribution in [2.45, 2.75) is 52.6 Å². The van der Waals surface area contributed by atoms with Gasteiger partial charge in [0.25, 0.3) is 0 Å². The molecule has 1 aromatic carbocycles. The molecule has 0 saturated heterocycles. The molecule has 2 N–H and O–H groups in total. The number of nitrogens with zero attached hydrogens (tertiary/aromatic N) is 4. The topological polar surface area (TPSA) is 90.5 Å². The molecule has 2 rings (SSSR count). The second-order valence-corrected chi connectivity index (χ2v) is 8.28. The number of carbonyl (C=O) groups is 2. The van der Waals surface area contributed by atoms with Crippen LogP contribution in [0.3, 0.4) is 0 Å². The van der Waals surface area contributed by atoms with Gasteiger partial charge < -0.3 is 20.4 Å². The molecule has 8 nitrogen and oxygen atoms in total. The normalized spacial score (nSPS) is 11.6. The molecule has 0 fully saturated rings. The fraction of sp³-hybridized carbons (Fsp3) is 0.440. The molecule has 1 aromatic heterocycles. The Morgan fingerprint density at radius 1 is 1.21 bits per heavy atom. The van der Waals surface area contributed by atoms with Gasteiger partial charge in [-0.2, -0.15) is 0 Å². The lowest BCUT2D eigenvalue weighted by Gasteiger charge is -2.25. The quantitative estimate of drug-likeness (QED) is 0.509. The van der Waals surface area contributed by atoms with E-state index in [1.54, 1.807) is 20.2 Å². The Bertz CT molecular complexity index is 975. The predicted octanol–water partition coefficient (Wildman–Crippen LogP) is 3.32. The standard InChI is InChI=1S/C25H36N6O2/c1-8-21-24(30(6)17(3)4)29-22(16-27-21)28-20-12-10-11-19(15-20)13-14-26-25(33)18(5)31(7)23(32)9-2/h9-12,15-18H,2,8,13-14H2,1,3-7H3,(H,26,33)(H,28,29)/t18-/m0/s1. The number of benzene rings is 1. The summed E-state index contributed by atoms with van der Waals surface area (Å²) in [7, 11) is 3.61. The zero-order valence-electron chi connectivity index (χ0n) is 20.6. The largest absolute Gasteiger partial charge is 0.356 e. The minimum atomic E-state index is -0.564. The molecule has 0 aliphatic carbocycles. The van der Waals surface area contributed by atoms with Crippen LogP contribution in [-0.2, 0) is 22.4 Å². The summed E-state index contributed by atoms with van der Waals surface area (Å²) in [4.78, 5) is 36.9. The molecule has 0 bridgehead atoms. The van der Waals surface area contributed by atoms with Gasteiger partial charge in [-0.05, 0) is 57.4 Å². The highest BCUT2D eigenvalue weighted by Gasteiger charge is 2.20. The number of aryl methyl sites for hydroxylation is 1. The van der Waals surface area contributed by atoms with E-state index in [0.29, 0.717) is 24.8 Å². The van der Waals surface area contributed by atoms with Crippen molar-refractivity contribution in [1.82, 2.24) is 20.2 Å². The molecule has 2 aromatic rings. The SMILES string of the molecule is C=CC(=O)N(C)[C@@H](C)C(=O)NCCc1cccc(Nc2cnc(CC)c(N(C)C(C)C)n2)c1. The van der Waals surface area contributed by atoms with Crippen LogP contribution in [0.15, 0.2) is 43.1 Å². The van der Waals surface area contributed by atoms with E-state index in [0.717, 1.165) is 29.2 Å². The van der Waals surface area contributed by atoms with Crippen LogP contribution in [0, 0.1) is 0 Å². The van der Waals surface area contributed by atoms with Crippen molar-refractivity contribution < 1.29 is 9.59 Å². The number of likely N-dealkylation sites (N-methyl/N-ethyl adjacent to an activating group) is 1. The Balaban J connectivity index is 2.01. The van der Waals surface area contributed by atoms with E-state index in [9.17, 15) is 9.59 Å². The van der Waals surface area contributed by atoms with E-state index in [-0.39, 0.29) is 11.8 Å². The van der Waals surface area contributed by atoms with Crippen molar-refractivity contribution in [3.63, 3.8) is 0 Å². The zero-order chi connectivity index (χ0) is 24.5. The fourth-order valence-electron chi connectivity index (χ4n) is 3.18. The minimum absolute atomic E-state index is 0.199. The van der Waals surface area contributed by atoms with Gasteiger partial charge >= 0.3 is 0 Å². The van der Waals surface area contributed by atoms with Crippen LogP contribution in [-0.4, -0.2) is 59.4 Å². The smallest absolute Gasteiger partial charge is 0.246 e. The van der Waals surface area contributed by atoms with E-state index in [2.05, 4.69) is 47.9 Å². The van der Waals surface area contributed by atoms with Crippen LogP contribution in [0.2, 0.25) is 0 Å². The number of hydrogen-bond donors (Lipinski definition) is 2. The molecule has 2 amide bonds. The number of aromatic nitrogens is 2. The molecule has 0 spiro atoms. The minimum Gasteiger partial charge on any atom is -0.356 e. The Labute approximate surface area is 197 Å². The first-order valence-corrected chi connectivity index (χ1v) is 11.3. The van der Waals surface area contributed by atoms with Crippen molar-refractivity contribution in [2.75, 3.05) is 30.9 Å². The van der Waals surface area contributed by atoms with E-state index in [1.165, 1.54) is 11.0 Å². The summed E-state index contributed by atoms with van der Waals surface area (Å²) in [5.74, 6) is 1.08. The third kappa shape index (κ3) is 7.03. The number of anilines is 3. The zero-order valence-corrected chi connectivity index (χ0v) is 20.6. The summed E-state index contributed by atoms with van der Waals surface area (Å²) in [6.07, 6.45) is 4.43. The molecule has 1 atom stereocenters. The first-order valence-electron chi connectivity index (χ1n) is 11.3. The lowest BCUT2D eigenvalue weighted by Crippen LogP contribution is -2.45. The van der Waals surface area contributed by atoms with Crippen molar-refractivity contribution in [1.29, 1.82) is 0 Å². The predicted molar refractivity (Wildman–Crippen MR) is 134 cm³/mol. The Morgan fingerprint density at radius 2 is 1.94 bits per heavy atom. The third-order valence-corrected chi connectivity index (χ3v) is 5.67. The van der Waals surface area contributed by atoms with Crippen LogP contribution >= 0.6 is 0 Å². The van der Waals surface area contributed by atoms with Crippen molar-refractivity contribution in [2.24, 2.45) is 0 Å². The van der Waals surface area contributed by atoms with Crippen molar-refractivity contribution >= 4 is 29.1 Å². The molecular weight excluding hydrogens is 416 g/mol. The second-order valence-electron chi connectivity index (χ2n) is 8.28. The summed E-state index contributed by atoms with van der Waals surface area (Å²) < 4.78 is 0. The van der Waals surface area contributed by atoms with Gasteiger partial charge in [0.15, 0.2) is 11.6 Å². The average Bonchev–Trinajstić information content (AvgIpc) is 2.82. The van der Waals surface area contributed by atoms with Gasteiger partial charge in [0.2, 0.25) is 11.8 Å². The van der Waals surface area contributed by atoms with Crippen LogP contribution in [0.1, 0.15) is 39.0 Å². The van der Waals surface area contributed by atoms with Gasteiger partial charge in [-0.3, -0.25) is 14.6 Å². The van der Waals surface area contributed by atoms with Gasteiger partial charge in [0.1, 0.15) is 6.04 Å². The van der Waals surface area contributed by atoms with Gasteiger partial charge in [0.05, 0.1) is 11.9 Å². The first-order chi connectivity index (χ1) is 15.7. The molecular formula is C25H36N6O2. The Hall–Kier alpha value is -3.42. The summed E-state index contributed by atoms with van der Waals surface area (Å²) in [5, 5.41) is 6.23. The molecule has 178 valence electrons. The van der Waals surface area contributed by atoms with Crippen LogP contribution in [0.5, 0.6) is 0 Å². The molecule has 0 aliphatic rings. The van der Waals surface area contributed by atoms with Gasteiger partial charge in [-0.15, -0.1) is 0 Å². The molecule has 0 aliphatic heterocycles. The highest BCUT2D eigenvalue weighted by Crippen LogP contribution is 2.22. The monoisotopic (exact) mass is 452 g/mol. The summed E-state index contributed by atoms with van der Waals surface area (Å²) in [5.41, 5.74) is 2.94. The summed E-state index contributed by atoms with van der Waals surface area (Å²) >= 11 is 0. The lowest BCUT2D eigenvalue weighted by molar-refractivity contribution is -0.135. The average molecular weight is 453 g/mol. The number of amides is 2. The highest BCUT2D eigenvalue weighted by atomic mass is 16.2. The van der Waals surface area contributed by atoms with E-state index < -0.39 is 6.04 Å². The van der Waals surface area contributed by atoms with Crippen LogP contribution in [0.25, 0.3) is 0 Å². The third-order valence-electron chi connectivity index (χ3n) is 5.67. The van der Waals surface area contributed by atoms with E-state index >= 15 is 0 Å². The molecule has 0 saturated carbocycles. The van der Waals surface area contributed by atoms with Crippen LogP contribution in [0.4, 0.5) is 17.3 Å². The number of rotatable bonds is 11. The van der Waals surface area contributed by atoms with Crippen molar-refractivity contribution in [3.8, 4) is 0 Å². The van der Waals surface area contributed by atoms with E-state index in [4.69, 9.17) is 4.98 Å². The number of nitrogens with one attached hydrogen (secondary N) is 2. The van der Waals surface area contributed by atoms with Crippen molar-refractivity contribution in [3.05, 3.63) is 54.4 Å². The van der Waals surface area contributed by atoms with E-state index in [1.807, 2.05) is 31.3 Å². The maximum atomic E-state index is 12.3. The summed E-state index contributed by atoms with van der Waals surface area (Å²) in [6.45, 7) is 11.9. The van der Waals surface area contributed by atoms with Gasteiger partial charge in [0, 0.05) is 32.4 Å². The second kappa shape index (κ2) is 12.0. The molecule has 8 heteroatoms. The van der Waals surface area contributed by atoms with Gasteiger partial charge in [-0.25, -0.2) is 4.98 Å². The Kier molecular flexibility index (Phi) is 9.39. The molecule has 0 unspecified atom stereocenters. The highest BCUT2D eigenvalue weighted by molar-refractivity contribution is 5.92. The number of hydrogen-bond acceptors (Lipinski definition) is 6. The first kappa shape index (κ1) is 25.8. The van der Waals surface area contributed by atoms with Gasteiger partial charge in [-0.1, -0.05) is 25.6 Å². The maximum absolute atomic E-state index is 12.3. The molecule has 0 radical (unpaired) electrons. The maximum Gasteiger partial charge on any atom is 0.246 e. The summed E-state index contributed by atoms with van der Waals surface area (Å²) in [6, 6.07) is 7.74. The molecule has 1 heterocycles.